The van der Waals surface area contributed by atoms with E-state index in [1.165, 1.54) is 7.11 Å². The van der Waals surface area contributed by atoms with Gasteiger partial charge in [-0.15, -0.1) is 0 Å². The Morgan fingerprint density at radius 1 is 1.14 bits per heavy atom. The molecule has 0 saturated heterocycles. The maximum atomic E-state index is 11.9. The second-order valence-electron chi connectivity index (χ2n) is 4.88. The number of methoxy groups -OCH3 is 2. The van der Waals surface area contributed by atoms with Gasteiger partial charge < -0.3 is 9.47 Å². The number of hydrogen-bond donors (Lipinski definition) is 0. The van der Waals surface area contributed by atoms with E-state index < -0.39 is 0 Å². The SMILES string of the molecule is COC(=O)N1CCCC=C1/C(OC)=C(/C)c1ccccc1. The molecule has 2 rings (SSSR count). The van der Waals surface area contributed by atoms with E-state index in [9.17, 15) is 4.79 Å². The number of benzene rings is 1. The molecule has 0 spiro atoms. The van der Waals surface area contributed by atoms with Crippen molar-refractivity contribution in [2.75, 3.05) is 20.8 Å². The van der Waals surface area contributed by atoms with Gasteiger partial charge in [-0.05, 0) is 25.3 Å². The monoisotopic (exact) mass is 287 g/mol. The number of rotatable bonds is 3. The fourth-order valence-corrected chi connectivity index (χ4v) is 2.50. The second-order valence-corrected chi connectivity index (χ2v) is 4.88. The third-order valence-electron chi connectivity index (χ3n) is 3.59. The van der Waals surface area contributed by atoms with Crippen LogP contribution in [-0.2, 0) is 9.47 Å². The Hall–Kier alpha value is -2.23. The van der Waals surface area contributed by atoms with Gasteiger partial charge in [-0.1, -0.05) is 36.4 Å². The number of hydrogen-bond acceptors (Lipinski definition) is 3. The number of carbonyl (C=O) groups is 1. The van der Waals surface area contributed by atoms with Gasteiger partial charge in [0, 0.05) is 12.1 Å². The summed E-state index contributed by atoms with van der Waals surface area (Å²) in [6.45, 7) is 2.65. The molecule has 112 valence electrons. The average Bonchev–Trinajstić information content (AvgIpc) is 2.56. The molecule has 0 aliphatic carbocycles. The Labute approximate surface area is 125 Å². The lowest BCUT2D eigenvalue weighted by atomic mass is 10.0. The Morgan fingerprint density at radius 2 is 1.86 bits per heavy atom. The van der Waals surface area contributed by atoms with Crippen molar-refractivity contribution in [1.29, 1.82) is 0 Å². The summed E-state index contributed by atoms with van der Waals surface area (Å²) in [5, 5.41) is 0. The minimum atomic E-state index is -0.351. The highest BCUT2D eigenvalue weighted by atomic mass is 16.5. The predicted molar refractivity (Wildman–Crippen MR) is 82.5 cm³/mol. The van der Waals surface area contributed by atoms with Crippen LogP contribution in [0, 0.1) is 0 Å². The van der Waals surface area contributed by atoms with E-state index >= 15 is 0 Å². The molecular weight excluding hydrogens is 266 g/mol. The molecule has 0 saturated carbocycles. The fourth-order valence-electron chi connectivity index (χ4n) is 2.50. The molecule has 0 bridgehead atoms. The molecule has 1 aliphatic rings. The lowest BCUT2D eigenvalue weighted by Gasteiger charge is -2.29. The normalized spacial score (nSPS) is 16.0. The fraction of sp³-hybridized carbons (Fsp3) is 0.353. The van der Waals surface area contributed by atoms with Crippen molar-refractivity contribution >= 4 is 11.7 Å². The van der Waals surface area contributed by atoms with Crippen molar-refractivity contribution in [2.24, 2.45) is 0 Å². The van der Waals surface area contributed by atoms with Gasteiger partial charge >= 0.3 is 6.09 Å². The van der Waals surface area contributed by atoms with Crippen LogP contribution >= 0.6 is 0 Å². The summed E-state index contributed by atoms with van der Waals surface area (Å²) < 4.78 is 10.5. The van der Waals surface area contributed by atoms with E-state index in [0.717, 1.165) is 29.7 Å². The molecule has 0 N–H and O–H groups in total. The van der Waals surface area contributed by atoms with E-state index in [0.29, 0.717) is 12.3 Å². The van der Waals surface area contributed by atoms with Crippen LogP contribution in [0.5, 0.6) is 0 Å². The summed E-state index contributed by atoms with van der Waals surface area (Å²) in [6.07, 6.45) is 3.54. The number of allylic oxidation sites excluding steroid dienone is 2. The molecule has 1 amide bonds. The predicted octanol–water partition coefficient (Wildman–Crippen LogP) is 3.81. The molecule has 4 nitrogen and oxygen atoms in total. The Bertz CT molecular complexity index is 561. The summed E-state index contributed by atoms with van der Waals surface area (Å²) in [6, 6.07) is 10.0. The Morgan fingerprint density at radius 3 is 2.48 bits per heavy atom. The van der Waals surface area contributed by atoms with E-state index in [2.05, 4.69) is 0 Å². The lowest BCUT2D eigenvalue weighted by Crippen LogP contribution is -2.34. The van der Waals surface area contributed by atoms with Crippen molar-refractivity contribution in [3.8, 4) is 0 Å². The van der Waals surface area contributed by atoms with Gasteiger partial charge in [0.1, 0.15) is 5.76 Å². The molecule has 4 heteroatoms. The highest BCUT2D eigenvalue weighted by Gasteiger charge is 2.25. The van der Waals surface area contributed by atoms with E-state index in [4.69, 9.17) is 9.47 Å². The average molecular weight is 287 g/mol. The summed E-state index contributed by atoms with van der Waals surface area (Å²) in [4.78, 5) is 13.6. The second kappa shape index (κ2) is 6.97. The minimum absolute atomic E-state index is 0.351. The molecule has 0 unspecified atom stereocenters. The quantitative estimate of drug-likeness (QED) is 0.793. The van der Waals surface area contributed by atoms with E-state index in [1.54, 1.807) is 12.0 Å². The standard InChI is InChI=1S/C17H21NO3/c1-13(14-9-5-4-6-10-14)16(20-2)15-11-7-8-12-18(15)17(19)21-3/h4-6,9-11H,7-8,12H2,1-3H3/b16-13+. The van der Waals surface area contributed by atoms with Gasteiger partial charge in [0.2, 0.25) is 0 Å². The van der Waals surface area contributed by atoms with Crippen molar-refractivity contribution in [2.45, 2.75) is 19.8 Å². The van der Waals surface area contributed by atoms with Gasteiger partial charge in [0.25, 0.3) is 0 Å². The van der Waals surface area contributed by atoms with Crippen LogP contribution in [0.1, 0.15) is 25.3 Å². The third kappa shape index (κ3) is 3.27. The molecule has 0 radical (unpaired) electrons. The van der Waals surface area contributed by atoms with E-state index in [-0.39, 0.29) is 6.09 Å². The van der Waals surface area contributed by atoms with Gasteiger partial charge in [0.15, 0.2) is 0 Å². The van der Waals surface area contributed by atoms with Crippen molar-refractivity contribution in [1.82, 2.24) is 4.90 Å². The molecular formula is C17H21NO3. The Balaban J connectivity index is 2.44. The van der Waals surface area contributed by atoms with Crippen molar-refractivity contribution in [3.05, 3.63) is 53.4 Å². The third-order valence-corrected chi connectivity index (χ3v) is 3.59. The molecule has 0 atom stereocenters. The first-order valence-corrected chi connectivity index (χ1v) is 7.05. The zero-order valence-corrected chi connectivity index (χ0v) is 12.8. The van der Waals surface area contributed by atoms with Crippen LogP contribution in [0.3, 0.4) is 0 Å². The molecule has 1 aromatic rings. The first-order valence-electron chi connectivity index (χ1n) is 7.05. The summed E-state index contributed by atoms with van der Waals surface area (Å²) >= 11 is 0. The summed E-state index contributed by atoms with van der Waals surface area (Å²) in [5.74, 6) is 0.714. The summed E-state index contributed by atoms with van der Waals surface area (Å²) in [5.41, 5.74) is 2.86. The molecule has 0 aromatic heterocycles. The van der Waals surface area contributed by atoms with E-state index in [1.807, 2.05) is 43.3 Å². The maximum Gasteiger partial charge on any atom is 0.414 e. The molecule has 21 heavy (non-hydrogen) atoms. The highest BCUT2D eigenvalue weighted by molar-refractivity contribution is 5.75. The van der Waals surface area contributed by atoms with Crippen LogP contribution < -0.4 is 0 Å². The van der Waals surface area contributed by atoms with Gasteiger partial charge in [-0.3, -0.25) is 4.90 Å². The Kier molecular flexibility index (Phi) is 5.04. The zero-order chi connectivity index (χ0) is 15.2. The smallest absolute Gasteiger partial charge is 0.414 e. The van der Waals surface area contributed by atoms with Crippen LogP contribution in [0.25, 0.3) is 5.57 Å². The molecule has 1 aliphatic heterocycles. The highest BCUT2D eigenvalue weighted by Crippen LogP contribution is 2.29. The van der Waals surface area contributed by atoms with Crippen LogP contribution in [0.15, 0.2) is 47.9 Å². The first kappa shape index (κ1) is 15.2. The summed E-state index contributed by atoms with van der Waals surface area (Å²) in [7, 11) is 3.03. The number of nitrogens with zero attached hydrogens (tertiary/aromatic N) is 1. The molecule has 1 heterocycles. The molecule has 1 aromatic carbocycles. The van der Waals surface area contributed by atoms with Gasteiger partial charge in [0.05, 0.1) is 19.9 Å². The topological polar surface area (TPSA) is 38.8 Å². The number of ether oxygens (including phenoxy) is 2. The van der Waals surface area contributed by atoms with Crippen molar-refractivity contribution < 1.29 is 14.3 Å². The number of amides is 1. The van der Waals surface area contributed by atoms with Gasteiger partial charge in [-0.25, -0.2) is 4.79 Å². The number of carbonyl (C=O) groups excluding carboxylic acids is 1. The lowest BCUT2D eigenvalue weighted by molar-refractivity contribution is 0.130. The first-order chi connectivity index (χ1) is 10.2. The molecule has 0 fully saturated rings. The van der Waals surface area contributed by atoms with Crippen molar-refractivity contribution in [3.63, 3.8) is 0 Å². The van der Waals surface area contributed by atoms with Crippen LogP contribution in [0.2, 0.25) is 0 Å². The maximum absolute atomic E-state index is 11.9. The van der Waals surface area contributed by atoms with Crippen LogP contribution in [-0.4, -0.2) is 31.8 Å². The van der Waals surface area contributed by atoms with Gasteiger partial charge in [-0.2, -0.15) is 0 Å². The largest absolute Gasteiger partial charge is 0.494 e. The van der Waals surface area contributed by atoms with Crippen LogP contribution in [0.4, 0.5) is 4.79 Å². The zero-order valence-electron chi connectivity index (χ0n) is 12.8. The minimum Gasteiger partial charge on any atom is -0.494 e.